The van der Waals surface area contributed by atoms with Gasteiger partial charge in [0.25, 0.3) is 0 Å². The second-order valence-corrected chi connectivity index (χ2v) is 3.11. The summed E-state index contributed by atoms with van der Waals surface area (Å²) < 4.78 is 4.81. The number of ether oxygens (including phenoxy) is 1. The number of hydrogen-bond donors (Lipinski definition) is 0. The average molecular weight is 214 g/mol. The molecule has 0 fully saturated rings. The minimum Gasteiger partial charge on any atom is -1.00 e. The van der Waals surface area contributed by atoms with Gasteiger partial charge in [-0.1, -0.05) is 39.0 Å². The van der Waals surface area contributed by atoms with Gasteiger partial charge in [0.1, 0.15) is 0 Å². The summed E-state index contributed by atoms with van der Waals surface area (Å²) in [7, 11) is 0. The first kappa shape index (κ1) is 16.2. The molecule has 0 spiro atoms. The zero-order valence-electron chi connectivity index (χ0n) is 11.0. The molecule has 0 saturated heterocycles. The smallest absolute Gasteiger partial charge is 1.00 e. The molecule has 0 heterocycles. The number of carbonyl (C=O) groups excluding carboxylic acids is 1. The molecule has 0 aromatic carbocycles. The number of hydrogen-bond acceptors (Lipinski definition) is 2. The minimum absolute atomic E-state index is 0. The van der Waals surface area contributed by atoms with Crippen LogP contribution in [0, 0.1) is 0 Å². The van der Waals surface area contributed by atoms with E-state index in [1.807, 2.05) is 0 Å². The molecule has 3 heteroatoms. The Labute approximate surface area is 114 Å². The van der Waals surface area contributed by atoms with Crippen molar-refractivity contribution in [3.05, 3.63) is 0 Å². The molecule has 0 rings (SSSR count). The molecule has 76 valence electrons. The number of rotatable bonds is 7. The Morgan fingerprint density at radius 1 is 1.15 bits per heavy atom. The molecule has 0 amide bonds. The van der Waals surface area contributed by atoms with Crippen LogP contribution >= 0.6 is 0 Å². The monoisotopic (exact) mass is 214 g/mol. The molecule has 0 aromatic rings. The molecule has 0 bridgehead atoms. The fourth-order valence-electron chi connectivity index (χ4n) is 1.10. The van der Waals surface area contributed by atoms with E-state index in [0.717, 1.165) is 6.42 Å². The second-order valence-electron chi connectivity index (χ2n) is 3.11. The predicted molar refractivity (Wildman–Crippen MR) is 58.0 cm³/mol. The topological polar surface area (TPSA) is 26.3 Å². The van der Waals surface area contributed by atoms with E-state index in [9.17, 15) is 4.79 Å². The molecule has 0 atom stereocenters. The van der Waals surface area contributed by atoms with E-state index in [-0.39, 0.29) is 46.6 Å². The van der Waals surface area contributed by atoms with Gasteiger partial charge in [0.15, 0.2) is 0 Å². The quantitative estimate of drug-likeness (QED) is 0.370. The molecule has 0 aromatic heterocycles. The van der Waals surface area contributed by atoms with Crippen molar-refractivity contribution < 1.29 is 12.4 Å². The summed E-state index contributed by atoms with van der Waals surface area (Å²) in [4.78, 5) is 10.4. The van der Waals surface area contributed by atoms with E-state index in [4.69, 9.17) is 4.74 Å². The van der Waals surface area contributed by atoms with Crippen molar-refractivity contribution in [3.8, 4) is 0 Å². The zero-order chi connectivity index (χ0) is 9.23. The molecule has 13 heavy (non-hydrogen) atoms. The van der Waals surface area contributed by atoms with Gasteiger partial charge in [-0.2, -0.15) is 0 Å². The van der Waals surface area contributed by atoms with Crippen LogP contribution in [0.5, 0.6) is 0 Å². The van der Waals surface area contributed by atoms with Crippen molar-refractivity contribution in [2.75, 3.05) is 6.61 Å². The molecular formula is C10H22CaO2. The van der Waals surface area contributed by atoms with Gasteiger partial charge in [-0.15, -0.1) is 0 Å². The molecule has 0 radical (unpaired) electrons. The Kier molecular flexibility index (Phi) is 15.8. The third-order valence-electron chi connectivity index (χ3n) is 1.80. The van der Waals surface area contributed by atoms with E-state index in [1.54, 1.807) is 0 Å². The molecule has 0 aliphatic rings. The van der Waals surface area contributed by atoms with Crippen molar-refractivity contribution in [1.29, 1.82) is 0 Å². The molecule has 0 aliphatic heterocycles. The van der Waals surface area contributed by atoms with Crippen LogP contribution in [0.25, 0.3) is 0 Å². The van der Waals surface area contributed by atoms with Gasteiger partial charge >= 0.3 is 43.7 Å². The first-order valence-corrected chi connectivity index (χ1v) is 4.90. The molecule has 0 aliphatic carbocycles. The maximum Gasteiger partial charge on any atom is 2.00 e. The van der Waals surface area contributed by atoms with Gasteiger partial charge in [0.2, 0.25) is 0 Å². The average Bonchev–Trinajstić information content (AvgIpc) is 2.02. The SMILES string of the molecule is CCCCCCCCOC(C)=O.[Ca+2].[H-].[H-]. The molecular weight excluding hydrogens is 192 g/mol. The number of esters is 1. The second kappa shape index (κ2) is 12.7. The van der Waals surface area contributed by atoms with Crippen LogP contribution in [0.4, 0.5) is 0 Å². The van der Waals surface area contributed by atoms with Gasteiger partial charge in [-0.05, 0) is 6.42 Å². The third-order valence-corrected chi connectivity index (χ3v) is 1.80. The summed E-state index contributed by atoms with van der Waals surface area (Å²) in [6.45, 7) is 4.26. The normalized spacial score (nSPS) is 9.08. The fraction of sp³-hybridized carbons (Fsp3) is 0.900. The van der Waals surface area contributed by atoms with Crippen LogP contribution in [-0.2, 0) is 9.53 Å². The van der Waals surface area contributed by atoms with Crippen LogP contribution in [-0.4, -0.2) is 50.3 Å². The molecule has 2 nitrogen and oxygen atoms in total. The van der Waals surface area contributed by atoms with Gasteiger partial charge < -0.3 is 7.59 Å². The Morgan fingerprint density at radius 2 is 1.69 bits per heavy atom. The van der Waals surface area contributed by atoms with Gasteiger partial charge in [-0.25, -0.2) is 0 Å². The number of unbranched alkanes of at least 4 members (excludes halogenated alkanes) is 5. The van der Waals surface area contributed by atoms with Crippen LogP contribution in [0.1, 0.15) is 55.2 Å². The van der Waals surface area contributed by atoms with Crippen molar-refractivity contribution in [2.45, 2.75) is 52.4 Å². The minimum atomic E-state index is -0.163. The largest absolute Gasteiger partial charge is 2.00 e. The van der Waals surface area contributed by atoms with E-state index in [2.05, 4.69) is 6.92 Å². The van der Waals surface area contributed by atoms with Gasteiger partial charge in [0, 0.05) is 6.92 Å². The van der Waals surface area contributed by atoms with E-state index < -0.39 is 0 Å². The molecule has 0 saturated carbocycles. The molecule has 0 N–H and O–H groups in total. The van der Waals surface area contributed by atoms with Crippen molar-refractivity contribution in [3.63, 3.8) is 0 Å². The summed E-state index contributed by atoms with van der Waals surface area (Å²) in [5.74, 6) is -0.163. The first-order valence-electron chi connectivity index (χ1n) is 4.90. The fourth-order valence-corrected chi connectivity index (χ4v) is 1.10. The Balaban J connectivity index is -0.000000202. The maximum atomic E-state index is 10.4. The van der Waals surface area contributed by atoms with Crippen LogP contribution in [0.2, 0.25) is 0 Å². The summed E-state index contributed by atoms with van der Waals surface area (Å²) >= 11 is 0. The van der Waals surface area contributed by atoms with E-state index >= 15 is 0 Å². The number of carbonyl (C=O) groups is 1. The Hall–Kier alpha value is 0.730. The van der Waals surface area contributed by atoms with Crippen LogP contribution in [0.3, 0.4) is 0 Å². The Morgan fingerprint density at radius 3 is 2.23 bits per heavy atom. The summed E-state index contributed by atoms with van der Waals surface area (Å²) in [5.41, 5.74) is 0. The zero-order valence-corrected chi connectivity index (χ0v) is 11.2. The standard InChI is InChI=1S/C10H20O2.Ca.2H/c1-3-4-5-6-7-8-9-12-10(2)11;;;/h3-9H2,1-2H3;;;/q;+2;2*-1. The van der Waals surface area contributed by atoms with Crippen LogP contribution < -0.4 is 0 Å². The van der Waals surface area contributed by atoms with Crippen molar-refractivity contribution in [1.82, 2.24) is 0 Å². The van der Waals surface area contributed by atoms with Crippen LogP contribution in [0.15, 0.2) is 0 Å². The van der Waals surface area contributed by atoms with Crippen molar-refractivity contribution >= 4 is 43.7 Å². The summed E-state index contributed by atoms with van der Waals surface area (Å²) in [6.07, 6.45) is 7.40. The van der Waals surface area contributed by atoms with E-state index in [1.165, 1.54) is 39.0 Å². The van der Waals surface area contributed by atoms with Gasteiger partial charge in [-0.3, -0.25) is 4.79 Å². The summed E-state index contributed by atoms with van der Waals surface area (Å²) in [5, 5.41) is 0. The maximum absolute atomic E-state index is 10.4. The van der Waals surface area contributed by atoms with Crippen molar-refractivity contribution in [2.24, 2.45) is 0 Å². The molecule has 0 unspecified atom stereocenters. The predicted octanol–water partition coefficient (Wildman–Crippen LogP) is 2.75. The third kappa shape index (κ3) is 15.5. The summed E-state index contributed by atoms with van der Waals surface area (Å²) in [6, 6.07) is 0. The van der Waals surface area contributed by atoms with Gasteiger partial charge in [0.05, 0.1) is 6.61 Å². The first-order chi connectivity index (χ1) is 5.77. The van der Waals surface area contributed by atoms with E-state index in [0.29, 0.717) is 6.61 Å². The Bertz CT molecular complexity index is 124.